The van der Waals surface area contributed by atoms with Crippen molar-refractivity contribution in [2.24, 2.45) is 0 Å². The number of ether oxygens (including phenoxy) is 6. The first-order valence-electron chi connectivity index (χ1n) is 8.74. The Balaban J connectivity index is 2.43. The van der Waals surface area contributed by atoms with Gasteiger partial charge in [-0.15, -0.1) is 0 Å². The molecule has 0 aliphatic rings. The van der Waals surface area contributed by atoms with E-state index in [1.807, 2.05) is 0 Å². The third-order valence-electron chi connectivity index (χ3n) is 4.58. The van der Waals surface area contributed by atoms with E-state index in [4.69, 9.17) is 32.8 Å². The molecule has 0 aliphatic heterocycles. The van der Waals surface area contributed by atoms with Crippen molar-refractivity contribution < 1.29 is 37.9 Å². The van der Waals surface area contributed by atoms with Gasteiger partial charge in [0, 0.05) is 11.6 Å². The lowest BCUT2D eigenvalue weighted by Crippen LogP contribution is -2.07. The number of methoxy groups -OCH3 is 6. The molecule has 2 aromatic carbocycles. The van der Waals surface area contributed by atoms with Gasteiger partial charge < -0.3 is 37.9 Å². The quantitative estimate of drug-likeness (QED) is 0.619. The van der Waals surface area contributed by atoms with Crippen LogP contribution in [0, 0.1) is 0 Å². The van der Waals surface area contributed by atoms with Gasteiger partial charge in [0.1, 0.15) is 11.1 Å². The summed E-state index contributed by atoms with van der Waals surface area (Å²) in [5.41, 5.74) is 0.158. The fourth-order valence-electron chi connectivity index (χ4n) is 3.22. The second kappa shape index (κ2) is 8.32. The smallest absolute Gasteiger partial charge is 0.211 e. The van der Waals surface area contributed by atoms with Crippen LogP contribution in [-0.2, 0) is 0 Å². The molecule has 0 saturated carbocycles. The van der Waals surface area contributed by atoms with Gasteiger partial charge in [-0.05, 0) is 12.1 Å². The lowest BCUT2D eigenvalue weighted by atomic mass is 10.1. The molecule has 0 aliphatic carbocycles. The second-order valence-corrected chi connectivity index (χ2v) is 6.04. The van der Waals surface area contributed by atoms with Gasteiger partial charge in [-0.1, -0.05) is 0 Å². The van der Waals surface area contributed by atoms with E-state index in [1.165, 1.54) is 60.9 Å². The van der Waals surface area contributed by atoms with Gasteiger partial charge in [0.15, 0.2) is 28.3 Å². The molecular weight excluding hydrogens is 396 g/mol. The number of hydrogen-bond acceptors (Lipinski definition) is 9. The Labute approximate surface area is 172 Å². The van der Waals surface area contributed by atoms with Crippen molar-refractivity contribution in [3.8, 4) is 51.6 Å². The van der Waals surface area contributed by atoms with Crippen LogP contribution in [0.2, 0.25) is 0 Å². The molecule has 0 bridgehead atoms. The molecule has 30 heavy (non-hydrogen) atoms. The predicted molar refractivity (Wildman–Crippen MR) is 109 cm³/mol. The predicted octanol–water partition coefficient (Wildman–Crippen LogP) is 3.22. The van der Waals surface area contributed by atoms with Crippen molar-refractivity contribution in [3.05, 3.63) is 28.4 Å². The highest BCUT2D eigenvalue weighted by atomic mass is 16.5. The first-order valence-corrected chi connectivity index (χ1v) is 8.74. The van der Waals surface area contributed by atoms with Gasteiger partial charge in [0.05, 0.1) is 42.7 Å². The molecule has 9 heteroatoms. The van der Waals surface area contributed by atoms with Gasteiger partial charge in [-0.25, -0.2) is 0 Å². The molecule has 0 amide bonds. The number of phenols is 1. The zero-order valence-electron chi connectivity index (χ0n) is 17.4. The average molecular weight is 418 g/mol. The van der Waals surface area contributed by atoms with Crippen molar-refractivity contribution in [1.82, 2.24) is 0 Å². The summed E-state index contributed by atoms with van der Waals surface area (Å²) in [6.45, 7) is 0. The van der Waals surface area contributed by atoms with Crippen molar-refractivity contribution in [1.29, 1.82) is 0 Å². The maximum atomic E-state index is 13.1. The minimum Gasteiger partial charge on any atom is -0.502 e. The Bertz CT molecular complexity index is 1120. The first-order chi connectivity index (χ1) is 14.4. The molecule has 0 radical (unpaired) electrons. The van der Waals surface area contributed by atoms with Crippen LogP contribution in [0.5, 0.6) is 40.2 Å². The number of phenolic OH excluding ortho intramolecular Hbond substituents is 1. The maximum absolute atomic E-state index is 13.1. The molecule has 0 unspecified atom stereocenters. The number of benzene rings is 2. The molecule has 9 nitrogen and oxygen atoms in total. The standard InChI is InChI=1S/C21H22O9/c1-24-13-7-10(8-14(25-2)16(13)23)12-9-11(22)15-17(26-3)19(27-4)21(29-6)20(28-5)18(15)30-12/h7-9,23H,1-6H3. The Hall–Kier alpha value is -3.75. The highest BCUT2D eigenvalue weighted by Crippen LogP contribution is 2.50. The molecular formula is C21H22O9. The fourth-order valence-corrected chi connectivity index (χ4v) is 3.22. The second-order valence-electron chi connectivity index (χ2n) is 6.04. The van der Waals surface area contributed by atoms with E-state index in [-0.39, 0.29) is 57.0 Å². The molecule has 1 N–H and O–H groups in total. The van der Waals surface area contributed by atoms with Crippen molar-refractivity contribution in [2.45, 2.75) is 0 Å². The Morgan fingerprint density at radius 1 is 0.700 bits per heavy atom. The van der Waals surface area contributed by atoms with Gasteiger partial charge in [0.25, 0.3) is 0 Å². The molecule has 0 atom stereocenters. The summed E-state index contributed by atoms with van der Waals surface area (Å²) in [6, 6.07) is 4.33. The number of aromatic hydroxyl groups is 1. The van der Waals surface area contributed by atoms with E-state index in [1.54, 1.807) is 0 Å². The van der Waals surface area contributed by atoms with Gasteiger partial charge in [0.2, 0.25) is 23.0 Å². The fraction of sp³-hybridized carbons (Fsp3) is 0.286. The minimum absolute atomic E-state index is 0.112. The highest BCUT2D eigenvalue weighted by Gasteiger charge is 2.27. The summed E-state index contributed by atoms with van der Waals surface area (Å²) < 4.78 is 38.1. The molecule has 1 aromatic heterocycles. The monoisotopic (exact) mass is 418 g/mol. The lowest BCUT2D eigenvalue weighted by Gasteiger charge is -2.18. The summed E-state index contributed by atoms with van der Waals surface area (Å²) in [4.78, 5) is 13.1. The molecule has 1 heterocycles. The van der Waals surface area contributed by atoms with Crippen LogP contribution in [0.4, 0.5) is 0 Å². The molecule has 3 aromatic rings. The van der Waals surface area contributed by atoms with Crippen LogP contribution < -0.4 is 33.8 Å². The van der Waals surface area contributed by atoms with Gasteiger partial charge >= 0.3 is 0 Å². The lowest BCUT2D eigenvalue weighted by molar-refractivity contribution is 0.307. The van der Waals surface area contributed by atoms with Crippen LogP contribution in [0.15, 0.2) is 27.4 Å². The van der Waals surface area contributed by atoms with Crippen molar-refractivity contribution in [2.75, 3.05) is 42.7 Å². The zero-order valence-corrected chi connectivity index (χ0v) is 17.4. The zero-order chi connectivity index (χ0) is 22.0. The molecule has 0 spiro atoms. The molecule has 160 valence electrons. The summed E-state index contributed by atoms with van der Waals surface area (Å²) in [5, 5.41) is 10.3. The van der Waals surface area contributed by atoms with E-state index >= 15 is 0 Å². The largest absolute Gasteiger partial charge is 0.502 e. The van der Waals surface area contributed by atoms with Crippen LogP contribution in [0.1, 0.15) is 0 Å². The summed E-state index contributed by atoms with van der Waals surface area (Å²) >= 11 is 0. The van der Waals surface area contributed by atoms with Crippen molar-refractivity contribution >= 4 is 11.0 Å². The maximum Gasteiger partial charge on any atom is 0.211 e. The van der Waals surface area contributed by atoms with Gasteiger partial charge in [-0.3, -0.25) is 4.79 Å². The SMILES string of the molecule is COc1cc(-c2cc(=O)c3c(OC)c(OC)c(OC)c(OC)c3o2)cc(OC)c1O. The summed E-state index contributed by atoms with van der Waals surface area (Å²) in [5.74, 6) is 1.08. The van der Waals surface area contributed by atoms with Crippen LogP contribution in [-0.4, -0.2) is 47.8 Å². The Morgan fingerprint density at radius 3 is 1.67 bits per heavy atom. The molecule has 0 saturated heterocycles. The summed E-state index contributed by atoms with van der Waals surface area (Å²) in [7, 11) is 8.49. The third kappa shape index (κ3) is 3.18. The van der Waals surface area contributed by atoms with Crippen molar-refractivity contribution in [3.63, 3.8) is 0 Å². The third-order valence-corrected chi connectivity index (χ3v) is 4.58. The highest BCUT2D eigenvalue weighted by molar-refractivity contribution is 5.95. The van der Waals surface area contributed by atoms with Crippen LogP contribution >= 0.6 is 0 Å². The topological polar surface area (TPSA) is 106 Å². The minimum atomic E-state index is -0.395. The summed E-state index contributed by atoms with van der Waals surface area (Å²) in [6.07, 6.45) is 0. The average Bonchev–Trinajstić information content (AvgIpc) is 2.77. The van der Waals surface area contributed by atoms with E-state index < -0.39 is 5.43 Å². The van der Waals surface area contributed by atoms with Gasteiger partial charge in [-0.2, -0.15) is 0 Å². The Morgan fingerprint density at radius 2 is 1.20 bits per heavy atom. The van der Waals surface area contributed by atoms with E-state index in [2.05, 4.69) is 0 Å². The normalized spacial score (nSPS) is 10.6. The van der Waals surface area contributed by atoms with Crippen LogP contribution in [0.3, 0.4) is 0 Å². The van der Waals surface area contributed by atoms with E-state index in [9.17, 15) is 9.90 Å². The Kier molecular flexibility index (Phi) is 5.81. The van der Waals surface area contributed by atoms with E-state index in [0.717, 1.165) is 0 Å². The number of hydrogen-bond donors (Lipinski definition) is 1. The molecule has 3 rings (SSSR count). The molecule has 0 fully saturated rings. The van der Waals surface area contributed by atoms with E-state index in [0.29, 0.717) is 5.56 Å². The number of rotatable bonds is 7. The van der Waals surface area contributed by atoms with Crippen LogP contribution in [0.25, 0.3) is 22.3 Å². The first kappa shape index (κ1) is 21.0. The number of fused-ring (bicyclic) bond motifs is 1.